The number of rotatable bonds is 3. The highest BCUT2D eigenvalue weighted by Gasteiger charge is 2.07. The number of carbonyl (C=O) groups excluding carboxylic acids is 2. The summed E-state index contributed by atoms with van der Waals surface area (Å²) in [4.78, 5) is 23.5. The lowest BCUT2D eigenvalue weighted by atomic mass is 10.1. The molecule has 110 valence electrons. The van der Waals surface area contributed by atoms with E-state index in [9.17, 15) is 9.59 Å². The van der Waals surface area contributed by atoms with Crippen LogP contribution in [-0.4, -0.2) is 11.8 Å². The Bertz CT molecular complexity index is 860. The van der Waals surface area contributed by atoms with E-state index in [1.807, 2.05) is 36.4 Å². The number of thiophene rings is 1. The molecular formula is C18H14O3S. The number of fused-ring (bicyclic) bond motifs is 1. The summed E-state index contributed by atoms with van der Waals surface area (Å²) in [5.41, 5.74) is 1.78. The SMILES string of the molecule is CC(=O)Oc1ccc2cc(-c3ccc(C(C)=O)cc3)sc2c1. The first-order valence-corrected chi connectivity index (χ1v) is 7.68. The van der Waals surface area contributed by atoms with Gasteiger partial charge in [0.2, 0.25) is 0 Å². The molecule has 0 fully saturated rings. The minimum Gasteiger partial charge on any atom is -0.427 e. The molecule has 0 saturated carbocycles. The van der Waals surface area contributed by atoms with Crippen LogP contribution >= 0.6 is 11.3 Å². The Morgan fingerprint density at radius 3 is 2.32 bits per heavy atom. The van der Waals surface area contributed by atoms with Gasteiger partial charge in [-0.05, 0) is 42.1 Å². The van der Waals surface area contributed by atoms with Crippen molar-refractivity contribution in [2.24, 2.45) is 0 Å². The molecule has 1 heterocycles. The van der Waals surface area contributed by atoms with E-state index < -0.39 is 0 Å². The lowest BCUT2D eigenvalue weighted by Crippen LogP contribution is -2.00. The average Bonchev–Trinajstić information content (AvgIpc) is 2.90. The fraction of sp³-hybridized carbons (Fsp3) is 0.111. The summed E-state index contributed by atoms with van der Waals surface area (Å²) in [7, 11) is 0. The summed E-state index contributed by atoms with van der Waals surface area (Å²) < 4.78 is 6.17. The summed E-state index contributed by atoms with van der Waals surface area (Å²) in [5.74, 6) is 0.296. The molecule has 3 aromatic rings. The van der Waals surface area contributed by atoms with Gasteiger partial charge in [-0.15, -0.1) is 11.3 Å². The van der Waals surface area contributed by atoms with Crippen LogP contribution in [-0.2, 0) is 4.79 Å². The first-order valence-electron chi connectivity index (χ1n) is 6.86. The Kier molecular flexibility index (Phi) is 3.77. The van der Waals surface area contributed by atoms with Crippen molar-refractivity contribution in [1.29, 1.82) is 0 Å². The second-order valence-corrected chi connectivity index (χ2v) is 6.12. The third kappa shape index (κ3) is 2.92. The van der Waals surface area contributed by atoms with Gasteiger partial charge in [0, 0.05) is 22.1 Å². The normalized spacial score (nSPS) is 10.6. The van der Waals surface area contributed by atoms with Crippen molar-refractivity contribution in [1.82, 2.24) is 0 Å². The largest absolute Gasteiger partial charge is 0.427 e. The Morgan fingerprint density at radius 2 is 1.68 bits per heavy atom. The van der Waals surface area contributed by atoms with Crippen LogP contribution in [0, 0.1) is 0 Å². The molecule has 0 spiro atoms. The predicted octanol–water partition coefficient (Wildman–Crippen LogP) is 4.70. The minimum absolute atomic E-state index is 0.0638. The van der Waals surface area contributed by atoms with E-state index in [2.05, 4.69) is 6.07 Å². The Hall–Kier alpha value is -2.46. The quantitative estimate of drug-likeness (QED) is 0.400. The zero-order chi connectivity index (χ0) is 15.7. The highest BCUT2D eigenvalue weighted by Crippen LogP contribution is 2.35. The predicted molar refractivity (Wildman–Crippen MR) is 88.6 cm³/mol. The molecule has 4 heteroatoms. The summed E-state index contributed by atoms with van der Waals surface area (Å²) in [5, 5.41) is 1.10. The van der Waals surface area contributed by atoms with Gasteiger partial charge in [-0.2, -0.15) is 0 Å². The van der Waals surface area contributed by atoms with Crippen LogP contribution in [0.1, 0.15) is 24.2 Å². The molecule has 0 N–H and O–H groups in total. The van der Waals surface area contributed by atoms with E-state index in [1.54, 1.807) is 24.3 Å². The van der Waals surface area contributed by atoms with Crippen LogP contribution in [0.5, 0.6) is 5.75 Å². The van der Waals surface area contributed by atoms with Gasteiger partial charge < -0.3 is 4.74 Å². The van der Waals surface area contributed by atoms with Crippen molar-refractivity contribution in [2.75, 3.05) is 0 Å². The van der Waals surface area contributed by atoms with Crippen LogP contribution in [0.15, 0.2) is 48.5 Å². The van der Waals surface area contributed by atoms with E-state index in [1.165, 1.54) is 6.92 Å². The molecule has 0 saturated heterocycles. The topological polar surface area (TPSA) is 43.4 Å². The number of ketones is 1. The Labute approximate surface area is 132 Å². The molecule has 0 atom stereocenters. The third-order valence-electron chi connectivity index (χ3n) is 3.33. The zero-order valence-electron chi connectivity index (χ0n) is 12.3. The van der Waals surface area contributed by atoms with Gasteiger partial charge in [-0.3, -0.25) is 9.59 Å². The van der Waals surface area contributed by atoms with Gasteiger partial charge >= 0.3 is 5.97 Å². The molecule has 0 aliphatic carbocycles. The van der Waals surface area contributed by atoms with Crippen LogP contribution in [0.25, 0.3) is 20.5 Å². The van der Waals surface area contributed by atoms with E-state index in [0.717, 1.165) is 20.5 Å². The lowest BCUT2D eigenvalue weighted by Gasteiger charge is -1.99. The number of hydrogen-bond acceptors (Lipinski definition) is 4. The van der Waals surface area contributed by atoms with E-state index in [-0.39, 0.29) is 11.8 Å². The maximum Gasteiger partial charge on any atom is 0.308 e. The molecule has 0 radical (unpaired) electrons. The van der Waals surface area contributed by atoms with Gasteiger partial charge in [0.1, 0.15) is 5.75 Å². The molecule has 0 aliphatic heterocycles. The van der Waals surface area contributed by atoms with E-state index in [4.69, 9.17) is 4.74 Å². The summed E-state index contributed by atoms with van der Waals surface area (Å²) in [6, 6.07) is 15.3. The molecule has 0 unspecified atom stereocenters. The number of esters is 1. The number of ether oxygens (including phenoxy) is 1. The van der Waals surface area contributed by atoms with Crippen LogP contribution < -0.4 is 4.74 Å². The van der Waals surface area contributed by atoms with Crippen molar-refractivity contribution >= 4 is 33.2 Å². The molecule has 1 aromatic heterocycles. The van der Waals surface area contributed by atoms with Crippen molar-refractivity contribution < 1.29 is 14.3 Å². The second kappa shape index (κ2) is 5.73. The standard InChI is InChI=1S/C18H14O3S/c1-11(19)13-3-5-14(6-4-13)17-9-15-7-8-16(21-12(2)20)10-18(15)22-17/h3-10H,1-2H3. The molecule has 3 nitrogen and oxygen atoms in total. The summed E-state index contributed by atoms with van der Waals surface area (Å²) in [6.07, 6.45) is 0. The molecule has 3 rings (SSSR count). The van der Waals surface area contributed by atoms with E-state index in [0.29, 0.717) is 11.3 Å². The first kappa shape index (κ1) is 14.5. The zero-order valence-corrected chi connectivity index (χ0v) is 13.1. The smallest absolute Gasteiger partial charge is 0.308 e. The Balaban J connectivity index is 1.97. The average molecular weight is 310 g/mol. The number of hydrogen-bond donors (Lipinski definition) is 0. The molecule has 22 heavy (non-hydrogen) atoms. The van der Waals surface area contributed by atoms with Gasteiger partial charge in [0.15, 0.2) is 5.78 Å². The molecule has 0 bridgehead atoms. The van der Waals surface area contributed by atoms with Gasteiger partial charge in [0.05, 0.1) is 0 Å². The maximum absolute atomic E-state index is 11.3. The minimum atomic E-state index is -0.323. The highest BCUT2D eigenvalue weighted by molar-refractivity contribution is 7.22. The van der Waals surface area contributed by atoms with Crippen molar-refractivity contribution in [3.8, 4) is 16.2 Å². The first-order chi connectivity index (χ1) is 10.5. The number of carbonyl (C=O) groups is 2. The monoisotopic (exact) mass is 310 g/mol. The third-order valence-corrected chi connectivity index (χ3v) is 4.48. The lowest BCUT2D eigenvalue weighted by molar-refractivity contribution is -0.131. The fourth-order valence-corrected chi connectivity index (χ4v) is 3.35. The molecule has 0 aliphatic rings. The summed E-state index contributed by atoms with van der Waals surface area (Å²) >= 11 is 1.63. The summed E-state index contributed by atoms with van der Waals surface area (Å²) in [6.45, 7) is 2.95. The maximum atomic E-state index is 11.3. The van der Waals surface area contributed by atoms with Crippen LogP contribution in [0.2, 0.25) is 0 Å². The van der Waals surface area contributed by atoms with E-state index >= 15 is 0 Å². The van der Waals surface area contributed by atoms with Gasteiger partial charge in [-0.1, -0.05) is 24.3 Å². The van der Waals surface area contributed by atoms with Crippen LogP contribution in [0.4, 0.5) is 0 Å². The number of Topliss-reactive ketones (excluding diaryl/α,β-unsaturated/α-hetero) is 1. The van der Waals surface area contributed by atoms with Crippen molar-refractivity contribution in [3.63, 3.8) is 0 Å². The molecular weight excluding hydrogens is 296 g/mol. The fourth-order valence-electron chi connectivity index (χ4n) is 2.25. The van der Waals surface area contributed by atoms with Crippen molar-refractivity contribution in [3.05, 3.63) is 54.1 Å². The Morgan fingerprint density at radius 1 is 0.955 bits per heavy atom. The van der Waals surface area contributed by atoms with Crippen molar-refractivity contribution in [2.45, 2.75) is 13.8 Å². The van der Waals surface area contributed by atoms with Gasteiger partial charge in [0.25, 0.3) is 0 Å². The number of benzene rings is 2. The molecule has 0 amide bonds. The van der Waals surface area contributed by atoms with Crippen LogP contribution in [0.3, 0.4) is 0 Å². The second-order valence-electron chi connectivity index (χ2n) is 5.04. The van der Waals surface area contributed by atoms with Gasteiger partial charge in [-0.25, -0.2) is 0 Å². The molecule has 2 aromatic carbocycles. The highest BCUT2D eigenvalue weighted by atomic mass is 32.1.